The topological polar surface area (TPSA) is 102 Å². The molecule has 7 nitrogen and oxygen atoms in total. The van der Waals surface area contributed by atoms with Crippen molar-refractivity contribution in [3.63, 3.8) is 0 Å². The molecular weight excluding hydrogens is 298 g/mol. The Hall–Kier alpha value is -2.57. The number of nitrogens with two attached hydrogens (primary N) is 1. The number of amides is 4. The van der Waals surface area contributed by atoms with Crippen LogP contribution in [0.15, 0.2) is 18.2 Å². The predicted molar refractivity (Wildman–Crippen MR) is 81.7 cm³/mol. The summed E-state index contributed by atoms with van der Waals surface area (Å²) < 4.78 is 5.23. The average molecular weight is 317 g/mol. The van der Waals surface area contributed by atoms with Gasteiger partial charge in [0.25, 0.3) is 5.91 Å². The van der Waals surface area contributed by atoms with E-state index in [1.54, 1.807) is 13.2 Å². The third-order valence-electron chi connectivity index (χ3n) is 4.53. The van der Waals surface area contributed by atoms with E-state index in [4.69, 9.17) is 10.5 Å². The lowest BCUT2D eigenvalue weighted by Gasteiger charge is -2.33. The molecule has 4 amide bonds. The maximum absolute atomic E-state index is 12.9. The van der Waals surface area contributed by atoms with Crippen LogP contribution >= 0.6 is 0 Å². The van der Waals surface area contributed by atoms with E-state index in [-0.39, 0.29) is 18.9 Å². The Morgan fingerprint density at radius 3 is 2.91 bits per heavy atom. The minimum atomic E-state index is -1.03. The minimum Gasteiger partial charge on any atom is -0.497 e. The number of carbonyl (C=O) groups excluding carboxylic acids is 3. The number of nitrogens with zero attached hydrogens (tertiary/aromatic N) is 1. The summed E-state index contributed by atoms with van der Waals surface area (Å²) in [4.78, 5) is 37.1. The van der Waals surface area contributed by atoms with Crippen LogP contribution in [0, 0.1) is 0 Å². The summed E-state index contributed by atoms with van der Waals surface area (Å²) in [5, 5.41) is 2.83. The van der Waals surface area contributed by atoms with Gasteiger partial charge in [-0.2, -0.15) is 0 Å². The van der Waals surface area contributed by atoms with Crippen LogP contribution in [0.25, 0.3) is 0 Å². The van der Waals surface area contributed by atoms with Gasteiger partial charge in [0.1, 0.15) is 11.3 Å². The van der Waals surface area contributed by atoms with Crippen molar-refractivity contribution in [2.24, 2.45) is 5.73 Å². The molecule has 1 aliphatic heterocycles. The number of primary amides is 1. The van der Waals surface area contributed by atoms with Crippen molar-refractivity contribution in [3.8, 4) is 5.75 Å². The first kappa shape index (κ1) is 15.3. The van der Waals surface area contributed by atoms with E-state index in [0.717, 1.165) is 34.6 Å². The van der Waals surface area contributed by atoms with Gasteiger partial charge in [-0.1, -0.05) is 6.07 Å². The minimum absolute atomic E-state index is 0.00718. The molecule has 1 atom stereocenters. The largest absolute Gasteiger partial charge is 0.497 e. The second-order valence-corrected chi connectivity index (χ2v) is 5.89. The number of fused-ring (bicyclic) bond motifs is 2. The van der Waals surface area contributed by atoms with Crippen molar-refractivity contribution in [2.75, 3.05) is 13.7 Å². The summed E-state index contributed by atoms with van der Waals surface area (Å²) >= 11 is 0. The lowest BCUT2D eigenvalue weighted by molar-refractivity contribution is -0.132. The van der Waals surface area contributed by atoms with E-state index in [1.165, 1.54) is 0 Å². The number of nitrogens with one attached hydrogen (secondary N) is 1. The maximum Gasteiger partial charge on any atom is 0.325 e. The third kappa shape index (κ3) is 2.42. The molecule has 0 radical (unpaired) electrons. The summed E-state index contributed by atoms with van der Waals surface area (Å²) in [6.45, 7) is 0.00718. The summed E-state index contributed by atoms with van der Waals surface area (Å²) in [6, 6.07) is 5.06. The van der Waals surface area contributed by atoms with Gasteiger partial charge in [-0.05, 0) is 42.5 Å². The van der Waals surface area contributed by atoms with Crippen LogP contribution in [0.1, 0.15) is 30.4 Å². The predicted octanol–water partition coefficient (Wildman–Crippen LogP) is 0.654. The summed E-state index contributed by atoms with van der Waals surface area (Å²) in [7, 11) is 1.59. The number of methoxy groups -OCH3 is 1. The molecule has 0 saturated carbocycles. The van der Waals surface area contributed by atoms with Crippen LogP contribution in [0.3, 0.4) is 0 Å². The van der Waals surface area contributed by atoms with Gasteiger partial charge >= 0.3 is 6.03 Å². The Kier molecular flexibility index (Phi) is 3.71. The lowest BCUT2D eigenvalue weighted by Crippen LogP contribution is -2.46. The second-order valence-electron chi connectivity index (χ2n) is 5.89. The fraction of sp³-hybridized carbons (Fsp3) is 0.438. The highest BCUT2D eigenvalue weighted by Crippen LogP contribution is 2.41. The quantitative estimate of drug-likeness (QED) is 0.796. The Bertz CT molecular complexity index is 688. The van der Waals surface area contributed by atoms with Gasteiger partial charge in [0.05, 0.1) is 7.11 Å². The van der Waals surface area contributed by atoms with Crippen LogP contribution in [-0.2, 0) is 21.5 Å². The Morgan fingerprint density at radius 2 is 2.22 bits per heavy atom. The van der Waals surface area contributed by atoms with Crippen molar-refractivity contribution in [1.82, 2.24) is 10.2 Å². The molecule has 122 valence electrons. The van der Waals surface area contributed by atoms with Gasteiger partial charge in [-0.25, -0.2) is 4.79 Å². The molecule has 7 heteroatoms. The molecule has 0 aromatic heterocycles. The fourth-order valence-electron chi connectivity index (χ4n) is 3.40. The van der Waals surface area contributed by atoms with Crippen molar-refractivity contribution < 1.29 is 19.1 Å². The molecule has 1 heterocycles. The molecule has 3 N–H and O–H groups in total. The van der Waals surface area contributed by atoms with E-state index < -0.39 is 17.5 Å². The van der Waals surface area contributed by atoms with Crippen LogP contribution in [0.4, 0.5) is 4.79 Å². The van der Waals surface area contributed by atoms with Crippen LogP contribution in [0.5, 0.6) is 5.75 Å². The van der Waals surface area contributed by atoms with Crippen LogP contribution < -0.4 is 15.8 Å². The molecule has 1 fully saturated rings. The van der Waals surface area contributed by atoms with E-state index in [0.29, 0.717) is 6.42 Å². The molecule has 1 aliphatic carbocycles. The Morgan fingerprint density at radius 1 is 1.43 bits per heavy atom. The van der Waals surface area contributed by atoms with Crippen LogP contribution in [-0.4, -0.2) is 36.4 Å². The standard InChI is InChI=1S/C16H19N3O4/c1-23-11-4-5-12-10(9-11)3-2-7-16(12)14(21)19(15(22)18-16)8-6-13(17)20/h4-5,9H,2-3,6-8H2,1H3,(H2,17,20)(H,18,22). The van der Waals surface area contributed by atoms with Crippen LogP contribution in [0.2, 0.25) is 0 Å². The molecule has 23 heavy (non-hydrogen) atoms. The highest BCUT2D eigenvalue weighted by atomic mass is 16.5. The number of urea groups is 1. The normalized spacial score (nSPS) is 22.9. The molecule has 1 saturated heterocycles. The van der Waals surface area contributed by atoms with E-state index in [9.17, 15) is 14.4 Å². The first-order chi connectivity index (χ1) is 11.0. The summed E-state index contributed by atoms with van der Waals surface area (Å²) in [5.41, 5.74) is 5.89. The number of imide groups is 1. The first-order valence-electron chi connectivity index (χ1n) is 7.58. The Labute approximate surface area is 133 Å². The number of carbonyl (C=O) groups is 3. The number of ether oxygens (including phenoxy) is 1. The first-order valence-corrected chi connectivity index (χ1v) is 7.58. The summed E-state index contributed by atoms with van der Waals surface area (Å²) in [5.74, 6) is -0.127. The maximum atomic E-state index is 12.9. The smallest absolute Gasteiger partial charge is 0.325 e. The van der Waals surface area contributed by atoms with E-state index >= 15 is 0 Å². The zero-order valence-corrected chi connectivity index (χ0v) is 12.9. The van der Waals surface area contributed by atoms with E-state index in [1.807, 2.05) is 12.1 Å². The number of hydrogen-bond donors (Lipinski definition) is 2. The number of aryl methyl sites for hydroxylation is 1. The molecular formula is C16H19N3O4. The molecule has 0 bridgehead atoms. The van der Waals surface area contributed by atoms with Crippen molar-refractivity contribution in [2.45, 2.75) is 31.2 Å². The fourth-order valence-corrected chi connectivity index (χ4v) is 3.40. The molecule has 2 aliphatic rings. The SMILES string of the molecule is COc1ccc2c(c1)CCCC21NC(=O)N(CCC(N)=O)C1=O. The van der Waals surface area contributed by atoms with Gasteiger partial charge in [0.2, 0.25) is 5.91 Å². The number of benzene rings is 1. The van der Waals surface area contributed by atoms with Crippen molar-refractivity contribution >= 4 is 17.8 Å². The summed E-state index contributed by atoms with van der Waals surface area (Å²) in [6.07, 6.45) is 2.13. The molecule has 1 aromatic carbocycles. The molecule has 3 rings (SSSR count). The monoisotopic (exact) mass is 317 g/mol. The van der Waals surface area contributed by atoms with Gasteiger partial charge in [-0.3, -0.25) is 14.5 Å². The molecule has 1 unspecified atom stereocenters. The Balaban J connectivity index is 1.96. The highest BCUT2D eigenvalue weighted by molar-refractivity contribution is 6.08. The lowest BCUT2D eigenvalue weighted by atomic mass is 9.76. The average Bonchev–Trinajstić information content (AvgIpc) is 2.76. The van der Waals surface area contributed by atoms with Gasteiger partial charge in [0, 0.05) is 13.0 Å². The highest BCUT2D eigenvalue weighted by Gasteiger charge is 2.53. The van der Waals surface area contributed by atoms with Crippen molar-refractivity contribution in [1.29, 1.82) is 0 Å². The number of hydrogen-bond acceptors (Lipinski definition) is 4. The second kappa shape index (κ2) is 5.57. The zero-order chi connectivity index (χ0) is 16.6. The van der Waals surface area contributed by atoms with Gasteiger partial charge in [-0.15, -0.1) is 0 Å². The van der Waals surface area contributed by atoms with E-state index in [2.05, 4.69) is 5.32 Å². The molecule has 1 aromatic rings. The van der Waals surface area contributed by atoms with Gasteiger partial charge < -0.3 is 15.8 Å². The zero-order valence-electron chi connectivity index (χ0n) is 12.9. The number of rotatable bonds is 4. The van der Waals surface area contributed by atoms with Gasteiger partial charge in [0.15, 0.2) is 0 Å². The third-order valence-corrected chi connectivity index (χ3v) is 4.53. The van der Waals surface area contributed by atoms with Crippen molar-refractivity contribution in [3.05, 3.63) is 29.3 Å². The molecule has 1 spiro atoms.